The quantitative estimate of drug-likeness (QED) is 0.759. The zero-order valence-corrected chi connectivity index (χ0v) is 13.5. The Hall–Kier alpha value is -2.95. The van der Waals surface area contributed by atoms with Gasteiger partial charge < -0.3 is 5.32 Å². The van der Waals surface area contributed by atoms with Gasteiger partial charge in [0, 0.05) is 18.2 Å². The summed E-state index contributed by atoms with van der Waals surface area (Å²) in [5.74, 6) is 0.0111. The molecule has 0 saturated heterocycles. The monoisotopic (exact) mass is 320 g/mol. The third kappa shape index (κ3) is 3.87. The van der Waals surface area contributed by atoms with Crippen molar-refractivity contribution < 1.29 is 4.79 Å². The van der Waals surface area contributed by atoms with Crippen LogP contribution in [0.1, 0.15) is 24.0 Å². The van der Waals surface area contributed by atoms with Crippen LogP contribution in [0.5, 0.6) is 0 Å². The Morgan fingerprint density at radius 1 is 1.04 bits per heavy atom. The number of carbonyl (C=O) groups excluding carboxylic acids is 1. The van der Waals surface area contributed by atoms with Crippen LogP contribution in [-0.2, 0) is 11.3 Å². The van der Waals surface area contributed by atoms with Crippen LogP contribution in [0, 0.1) is 0 Å². The molecule has 1 atom stereocenters. The molecule has 0 fully saturated rings. The summed E-state index contributed by atoms with van der Waals surface area (Å²) in [5, 5.41) is 10.6. The van der Waals surface area contributed by atoms with Crippen molar-refractivity contribution in [3.05, 3.63) is 84.2 Å². The molecule has 24 heavy (non-hydrogen) atoms. The van der Waals surface area contributed by atoms with E-state index in [9.17, 15) is 4.79 Å². The summed E-state index contributed by atoms with van der Waals surface area (Å²) in [6, 6.07) is 20.4. The molecule has 122 valence electrons. The van der Waals surface area contributed by atoms with Gasteiger partial charge in [0.2, 0.25) is 5.91 Å². The molecule has 0 aliphatic heterocycles. The van der Waals surface area contributed by atoms with Crippen LogP contribution in [0.4, 0.5) is 0 Å². The Morgan fingerprint density at radius 3 is 2.12 bits per heavy atom. The third-order valence-corrected chi connectivity index (χ3v) is 3.98. The molecule has 1 N–H and O–H groups in total. The van der Waals surface area contributed by atoms with Gasteiger partial charge in [-0.2, -0.15) is 0 Å². The van der Waals surface area contributed by atoms with Crippen LogP contribution >= 0.6 is 0 Å². The lowest BCUT2D eigenvalue weighted by atomic mass is 9.86. The van der Waals surface area contributed by atoms with E-state index in [0.717, 1.165) is 0 Å². The molecule has 2 aromatic carbocycles. The average Bonchev–Trinajstić information content (AvgIpc) is 3.10. The van der Waals surface area contributed by atoms with E-state index >= 15 is 0 Å². The molecule has 0 spiro atoms. The fraction of sp³-hybridized carbons (Fsp3) is 0.211. The molecule has 3 rings (SSSR count). The number of nitrogens with zero attached hydrogens (tertiary/aromatic N) is 3. The van der Waals surface area contributed by atoms with E-state index in [1.165, 1.54) is 15.8 Å². The lowest BCUT2D eigenvalue weighted by molar-refractivity contribution is -0.122. The predicted molar refractivity (Wildman–Crippen MR) is 92.4 cm³/mol. The Morgan fingerprint density at radius 2 is 1.62 bits per heavy atom. The van der Waals surface area contributed by atoms with Gasteiger partial charge in [-0.15, -0.1) is 5.10 Å². The van der Waals surface area contributed by atoms with Crippen molar-refractivity contribution in [3.8, 4) is 0 Å². The van der Waals surface area contributed by atoms with E-state index in [-0.39, 0.29) is 24.4 Å². The summed E-state index contributed by atoms with van der Waals surface area (Å²) in [4.78, 5) is 12.3. The first-order chi connectivity index (χ1) is 11.7. The van der Waals surface area contributed by atoms with E-state index in [4.69, 9.17) is 0 Å². The van der Waals surface area contributed by atoms with E-state index in [1.807, 2.05) is 43.3 Å². The van der Waals surface area contributed by atoms with Crippen molar-refractivity contribution in [1.29, 1.82) is 0 Å². The van der Waals surface area contributed by atoms with Crippen molar-refractivity contribution in [2.45, 2.75) is 25.4 Å². The summed E-state index contributed by atoms with van der Waals surface area (Å²) in [6.07, 6.45) is 3.24. The van der Waals surface area contributed by atoms with Gasteiger partial charge in [0.05, 0.1) is 6.20 Å². The lowest BCUT2D eigenvalue weighted by Crippen LogP contribution is -2.39. The molecule has 0 unspecified atom stereocenters. The third-order valence-electron chi connectivity index (χ3n) is 3.98. The number of hydrogen-bond donors (Lipinski definition) is 1. The fourth-order valence-corrected chi connectivity index (χ4v) is 2.94. The Labute approximate surface area is 141 Å². The number of carbonyl (C=O) groups is 1. The van der Waals surface area contributed by atoms with Crippen LogP contribution in [0.25, 0.3) is 0 Å². The van der Waals surface area contributed by atoms with Gasteiger partial charge in [-0.1, -0.05) is 65.9 Å². The molecule has 0 bridgehead atoms. The highest BCUT2D eigenvalue weighted by atomic mass is 16.2. The minimum absolute atomic E-state index is 0.0502. The highest BCUT2D eigenvalue weighted by Crippen LogP contribution is 2.27. The maximum Gasteiger partial charge on any atom is 0.242 e. The standard InChI is InChI=1S/C19H20N4O/c1-15(21-18(24)14-23-13-12-20-22-23)19(16-8-4-2-5-9-16)17-10-6-3-7-11-17/h2-13,15,19H,14H2,1H3,(H,21,24)/t15-/m0/s1. The molecule has 0 aliphatic rings. The number of nitrogens with one attached hydrogen (secondary N) is 1. The minimum Gasteiger partial charge on any atom is -0.351 e. The van der Waals surface area contributed by atoms with Crippen LogP contribution in [0.2, 0.25) is 0 Å². The van der Waals surface area contributed by atoms with Crippen molar-refractivity contribution in [3.63, 3.8) is 0 Å². The first-order valence-corrected chi connectivity index (χ1v) is 7.97. The molecule has 5 nitrogen and oxygen atoms in total. The zero-order chi connectivity index (χ0) is 16.8. The van der Waals surface area contributed by atoms with Gasteiger partial charge in [-0.05, 0) is 18.1 Å². The van der Waals surface area contributed by atoms with Crippen molar-refractivity contribution >= 4 is 5.91 Å². The minimum atomic E-state index is -0.0788. The molecular formula is C19H20N4O. The number of hydrogen-bond acceptors (Lipinski definition) is 3. The Kier molecular flexibility index (Phi) is 5.01. The first-order valence-electron chi connectivity index (χ1n) is 7.97. The zero-order valence-electron chi connectivity index (χ0n) is 13.5. The molecule has 5 heteroatoms. The maximum absolute atomic E-state index is 12.3. The maximum atomic E-state index is 12.3. The molecule has 1 amide bonds. The number of benzene rings is 2. The van der Waals surface area contributed by atoms with E-state index < -0.39 is 0 Å². The Bertz CT molecular complexity index is 717. The number of aromatic nitrogens is 3. The van der Waals surface area contributed by atoms with Crippen LogP contribution in [0.15, 0.2) is 73.1 Å². The van der Waals surface area contributed by atoms with Crippen molar-refractivity contribution in [1.82, 2.24) is 20.3 Å². The topological polar surface area (TPSA) is 59.8 Å². The van der Waals surface area contributed by atoms with E-state index in [1.54, 1.807) is 12.4 Å². The lowest BCUT2D eigenvalue weighted by Gasteiger charge is -2.26. The summed E-state index contributed by atoms with van der Waals surface area (Å²) in [7, 11) is 0. The fourth-order valence-electron chi connectivity index (χ4n) is 2.94. The van der Waals surface area contributed by atoms with Crippen molar-refractivity contribution in [2.24, 2.45) is 0 Å². The van der Waals surface area contributed by atoms with Crippen LogP contribution in [0.3, 0.4) is 0 Å². The van der Waals surface area contributed by atoms with Gasteiger partial charge >= 0.3 is 0 Å². The molecule has 0 radical (unpaired) electrons. The highest BCUT2D eigenvalue weighted by Gasteiger charge is 2.22. The van der Waals surface area contributed by atoms with Crippen molar-refractivity contribution in [2.75, 3.05) is 0 Å². The highest BCUT2D eigenvalue weighted by molar-refractivity contribution is 5.76. The molecule has 0 saturated carbocycles. The average molecular weight is 320 g/mol. The summed E-state index contributed by atoms with van der Waals surface area (Å²) < 4.78 is 1.52. The van der Waals surface area contributed by atoms with E-state index in [0.29, 0.717) is 0 Å². The van der Waals surface area contributed by atoms with Gasteiger partial charge in [0.25, 0.3) is 0 Å². The molecule has 0 aliphatic carbocycles. The summed E-state index contributed by atoms with van der Waals surface area (Å²) >= 11 is 0. The Balaban J connectivity index is 1.79. The summed E-state index contributed by atoms with van der Waals surface area (Å²) in [5.41, 5.74) is 2.36. The van der Waals surface area contributed by atoms with Crippen LogP contribution in [-0.4, -0.2) is 26.9 Å². The number of rotatable bonds is 6. The SMILES string of the molecule is C[C@H](NC(=O)Cn1ccnn1)C(c1ccccc1)c1ccccc1. The molecule has 3 aromatic rings. The molecular weight excluding hydrogens is 300 g/mol. The first kappa shape index (κ1) is 15.9. The van der Waals surface area contributed by atoms with Gasteiger partial charge in [-0.25, -0.2) is 4.68 Å². The second-order valence-electron chi connectivity index (χ2n) is 5.76. The second kappa shape index (κ2) is 7.55. The van der Waals surface area contributed by atoms with Gasteiger partial charge in [0.1, 0.15) is 6.54 Å². The smallest absolute Gasteiger partial charge is 0.242 e. The predicted octanol–water partition coefficient (Wildman–Crippen LogP) is 2.61. The van der Waals surface area contributed by atoms with E-state index in [2.05, 4.69) is 39.9 Å². The number of amides is 1. The van der Waals surface area contributed by atoms with Gasteiger partial charge in [0.15, 0.2) is 0 Å². The molecule has 1 heterocycles. The second-order valence-corrected chi connectivity index (χ2v) is 5.76. The summed E-state index contributed by atoms with van der Waals surface area (Å²) in [6.45, 7) is 2.20. The molecule has 1 aromatic heterocycles. The normalized spacial score (nSPS) is 12.1. The van der Waals surface area contributed by atoms with Gasteiger partial charge in [-0.3, -0.25) is 4.79 Å². The van der Waals surface area contributed by atoms with Crippen LogP contribution < -0.4 is 5.32 Å². The largest absolute Gasteiger partial charge is 0.351 e.